The Bertz CT molecular complexity index is 868. The number of benzene rings is 2. The molecule has 0 unspecified atom stereocenters. The maximum absolute atomic E-state index is 12.6. The minimum absolute atomic E-state index is 0.154. The molecule has 25 heavy (non-hydrogen) atoms. The summed E-state index contributed by atoms with van der Waals surface area (Å²) < 4.78 is 7.54. The second kappa shape index (κ2) is 7.40. The van der Waals surface area contributed by atoms with E-state index in [9.17, 15) is 9.90 Å². The molecule has 0 spiro atoms. The molecule has 0 fully saturated rings. The maximum Gasteiger partial charge on any atom is 0.258 e. The number of rotatable bonds is 6. The minimum atomic E-state index is -0.735. The Hall–Kier alpha value is -2.79. The first-order chi connectivity index (χ1) is 12.1. The molecule has 0 saturated carbocycles. The van der Waals surface area contributed by atoms with Gasteiger partial charge in [0.1, 0.15) is 5.75 Å². The van der Waals surface area contributed by atoms with Crippen LogP contribution < -0.4 is 5.32 Å². The molecule has 1 heterocycles. The van der Waals surface area contributed by atoms with Gasteiger partial charge in [0.2, 0.25) is 0 Å². The van der Waals surface area contributed by atoms with Crippen LogP contribution in [0, 0.1) is 0 Å². The molecule has 3 rings (SSSR count). The standard InChI is InChI=1S/C20H22N2O3/c1-3-11-22-12-10-15-13-16(6-9-18(15)22)21-20(24)19(25-2)14-4-7-17(23)8-5-14/h4-10,12-13,19,23H,3,11H2,1-2H3,(H,21,24)/t19-/m0/s1. The van der Waals surface area contributed by atoms with Crippen molar-refractivity contribution in [3.63, 3.8) is 0 Å². The fourth-order valence-electron chi connectivity index (χ4n) is 2.97. The topological polar surface area (TPSA) is 63.5 Å². The van der Waals surface area contributed by atoms with E-state index in [0.717, 1.165) is 29.6 Å². The molecule has 0 radical (unpaired) electrons. The van der Waals surface area contributed by atoms with Crippen LogP contribution >= 0.6 is 0 Å². The summed E-state index contributed by atoms with van der Waals surface area (Å²) in [6.07, 6.45) is 2.40. The molecule has 1 amide bonds. The molecule has 2 aromatic carbocycles. The van der Waals surface area contributed by atoms with Crippen molar-refractivity contribution in [2.75, 3.05) is 12.4 Å². The lowest BCUT2D eigenvalue weighted by Crippen LogP contribution is -2.22. The summed E-state index contributed by atoms with van der Waals surface area (Å²) in [7, 11) is 1.49. The highest BCUT2D eigenvalue weighted by Gasteiger charge is 2.20. The Morgan fingerprint density at radius 1 is 1.20 bits per heavy atom. The second-order valence-corrected chi connectivity index (χ2v) is 5.98. The van der Waals surface area contributed by atoms with Gasteiger partial charge in [-0.3, -0.25) is 4.79 Å². The molecule has 5 heteroatoms. The number of carbonyl (C=O) groups excluding carboxylic acids is 1. The first kappa shape index (κ1) is 17.0. The monoisotopic (exact) mass is 338 g/mol. The number of hydrogen-bond acceptors (Lipinski definition) is 3. The number of ether oxygens (including phenoxy) is 1. The number of methoxy groups -OCH3 is 1. The number of aryl methyl sites for hydroxylation is 1. The highest BCUT2D eigenvalue weighted by Crippen LogP contribution is 2.24. The first-order valence-electron chi connectivity index (χ1n) is 8.34. The zero-order chi connectivity index (χ0) is 17.8. The van der Waals surface area contributed by atoms with Crippen LogP contribution in [0.1, 0.15) is 25.0 Å². The minimum Gasteiger partial charge on any atom is -0.508 e. The predicted molar refractivity (Wildman–Crippen MR) is 98.7 cm³/mol. The molecule has 3 aromatic rings. The summed E-state index contributed by atoms with van der Waals surface area (Å²) in [6, 6.07) is 14.4. The van der Waals surface area contributed by atoms with Crippen LogP contribution in [0.4, 0.5) is 5.69 Å². The van der Waals surface area contributed by atoms with E-state index in [1.165, 1.54) is 19.2 Å². The molecule has 1 atom stereocenters. The Balaban J connectivity index is 1.79. The Labute approximate surface area is 146 Å². The molecule has 0 saturated heterocycles. The average molecular weight is 338 g/mol. The molecule has 1 aromatic heterocycles. The number of aromatic hydroxyl groups is 1. The predicted octanol–water partition coefficient (Wildman–Crippen LogP) is 4.08. The Morgan fingerprint density at radius 3 is 2.64 bits per heavy atom. The quantitative estimate of drug-likeness (QED) is 0.712. The van der Waals surface area contributed by atoms with Gasteiger partial charge >= 0.3 is 0 Å². The van der Waals surface area contributed by atoms with Gasteiger partial charge in [0.05, 0.1) is 0 Å². The van der Waals surface area contributed by atoms with Gasteiger partial charge in [0.25, 0.3) is 5.91 Å². The Kier molecular flexibility index (Phi) is 5.05. The van der Waals surface area contributed by atoms with Crippen molar-refractivity contribution < 1.29 is 14.6 Å². The molecule has 0 aliphatic heterocycles. The van der Waals surface area contributed by atoms with E-state index in [1.54, 1.807) is 12.1 Å². The summed E-state index contributed by atoms with van der Waals surface area (Å²) in [6.45, 7) is 3.12. The summed E-state index contributed by atoms with van der Waals surface area (Å²) in [5, 5.41) is 13.4. The summed E-state index contributed by atoms with van der Waals surface area (Å²) in [5.74, 6) is -0.0958. The molecule has 0 bridgehead atoms. The van der Waals surface area contributed by atoms with E-state index in [1.807, 2.05) is 18.2 Å². The number of nitrogens with one attached hydrogen (secondary N) is 1. The third kappa shape index (κ3) is 3.67. The van der Waals surface area contributed by atoms with Crippen molar-refractivity contribution in [2.24, 2.45) is 0 Å². The van der Waals surface area contributed by atoms with Crippen molar-refractivity contribution in [3.8, 4) is 5.75 Å². The number of nitrogens with zero attached hydrogens (tertiary/aromatic N) is 1. The number of hydrogen-bond donors (Lipinski definition) is 2. The van der Waals surface area contributed by atoms with Crippen molar-refractivity contribution in [3.05, 3.63) is 60.3 Å². The third-order valence-electron chi connectivity index (χ3n) is 4.17. The Morgan fingerprint density at radius 2 is 1.96 bits per heavy atom. The van der Waals surface area contributed by atoms with E-state index < -0.39 is 6.10 Å². The zero-order valence-electron chi connectivity index (χ0n) is 14.4. The molecular weight excluding hydrogens is 316 g/mol. The SMILES string of the molecule is CCCn1ccc2cc(NC(=O)[C@@H](OC)c3ccc(O)cc3)ccc21. The van der Waals surface area contributed by atoms with Gasteiger partial charge < -0.3 is 19.7 Å². The van der Waals surface area contributed by atoms with Crippen LogP contribution in [0.25, 0.3) is 10.9 Å². The van der Waals surface area contributed by atoms with Crippen LogP contribution in [0.3, 0.4) is 0 Å². The van der Waals surface area contributed by atoms with E-state index in [4.69, 9.17) is 4.74 Å². The third-order valence-corrected chi connectivity index (χ3v) is 4.17. The number of aromatic nitrogens is 1. The van der Waals surface area contributed by atoms with Gasteiger partial charge in [-0.15, -0.1) is 0 Å². The lowest BCUT2D eigenvalue weighted by atomic mass is 10.1. The van der Waals surface area contributed by atoms with E-state index in [2.05, 4.69) is 29.1 Å². The average Bonchev–Trinajstić information content (AvgIpc) is 3.00. The normalized spacial score (nSPS) is 12.2. The second-order valence-electron chi connectivity index (χ2n) is 5.98. The number of phenolic OH excluding ortho intramolecular Hbond substituents is 1. The van der Waals surface area contributed by atoms with Gasteiger partial charge in [-0.1, -0.05) is 19.1 Å². The van der Waals surface area contributed by atoms with E-state index in [-0.39, 0.29) is 11.7 Å². The zero-order valence-corrected chi connectivity index (χ0v) is 14.4. The fraction of sp³-hybridized carbons (Fsp3) is 0.250. The van der Waals surface area contributed by atoms with Gasteiger partial charge in [0, 0.05) is 36.4 Å². The fourth-order valence-corrected chi connectivity index (χ4v) is 2.97. The van der Waals surface area contributed by atoms with Crippen LogP contribution in [0.2, 0.25) is 0 Å². The van der Waals surface area contributed by atoms with Crippen molar-refractivity contribution in [1.82, 2.24) is 4.57 Å². The van der Waals surface area contributed by atoms with E-state index in [0.29, 0.717) is 5.56 Å². The van der Waals surface area contributed by atoms with Crippen LogP contribution in [0.15, 0.2) is 54.7 Å². The number of carbonyl (C=O) groups is 1. The molecule has 2 N–H and O–H groups in total. The number of phenols is 1. The largest absolute Gasteiger partial charge is 0.508 e. The maximum atomic E-state index is 12.6. The smallest absolute Gasteiger partial charge is 0.258 e. The first-order valence-corrected chi connectivity index (χ1v) is 8.34. The number of anilines is 1. The summed E-state index contributed by atoms with van der Waals surface area (Å²) >= 11 is 0. The lowest BCUT2D eigenvalue weighted by Gasteiger charge is -2.16. The lowest BCUT2D eigenvalue weighted by molar-refractivity contribution is -0.126. The number of amides is 1. The van der Waals surface area contributed by atoms with Crippen LogP contribution in [0.5, 0.6) is 5.75 Å². The van der Waals surface area contributed by atoms with Crippen LogP contribution in [-0.2, 0) is 16.1 Å². The summed E-state index contributed by atoms with van der Waals surface area (Å²) in [4.78, 5) is 12.6. The van der Waals surface area contributed by atoms with Crippen LogP contribution in [-0.4, -0.2) is 22.7 Å². The molecule has 0 aliphatic rings. The van der Waals surface area contributed by atoms with Gasteiger partial charge in [-0.05, 0) is 48.4 Å². The number of fused-ring (bicyclic) bond motifs is 1. The van der Waals surface area contributed by atoms with E-state index >= 15 is 0 Å². The van der Waals surface area contributed by atoms with Gasteiger partial charge in [-0.2, -0.15) is 0 Å². The van der Waals surface area contributed by atoms with Crippen molar-refractivity contribution in [2.45, 2.75) is 26.0 Å². The molecule has 130 valence electrons. The molecule has 0 aliphatic carbocycles. The molecular formula is C20H22N2O3. The highest BCUT2D eigenvalue weighted by atomic mass is 16.5. The van der Waals surface area contributed by atoms with Gasteiger partial charge in [-0.25, -0.2) is 0 Å². The molecule has 5 nitrogen and oxygen atoms in total. The van der Waals surface area contributed by atoms with Crippen molar-refractivity contribution >= 4 is 22.5 Å². The summed E-state index contributed by atoms with van der Waals surface area (Å²) in [5.41, 5.74) is 2.57. The highest BCUT2D eigenvalue weighted by molar-refractivity contribution is 5.97. The van der Waals surface area contributed by atoms with Crippen molar-refractivity contribution in [1.29, 1.82) is 0 Å². The van der Waals surface area contributed by atoms with Gasteiger partial charge in [0.15, 0.2) is 6.10 Å².